The number of rotatable bonds is 4. The Morgan fingerprint density at radius 1 is 1.36 bits per heavy atom. The van der Waals surface area contributed by atoms with Crippen LogP contribution in [0.1, 0.15) is 24.8 Å². The van der Waals surface area contributed by atoms with Crippen molar-refractivity contribution in [2.75, 3.05) is 27.5 Å². The molecule has 1 amide bonds. The largest absolute Gasteiger partial charge is 0.496 e. The number of ether oxygens (including phenoxy) is 3. The average Bonchev–Trinajstić information content (AvgIpc) is 3.01. The van der Waals surface area contributed by atoms with Crippen LogP contribution in [0.15, 0.2) is 12.1 Å². The SMILES string of the molecule is CNC(=O)[C@H]1CCCCN1Cc1cc2c(cc1OC)OCO2. The summed E-state index contributed by atoms with van der Waals surface area (Å²) in [6.07, 6.45) is 3.10. The first-order chi connectivity index (χ1) is 10.7. The Balaban J connectivity index is 1.83. The molecule has 2 aliphatic rings. The zero-order chi connectivity index (χ0) is 15.5. The third kappa shape index (κ3) is 2.83. The van der Waals surface area contributed by atoms with Crippen LogP contribution in [0.4, 0.5) is 0 Å². The number of nitrogens with zero attached hydrogens (tertiary/aromatic N) is 1. The van der Waals surface area contributed by atoms with Gasteiger partial charge in [-0.1, -0.05) is 6.42 Å². The fraction of sp³-hybridized carbons (Fsp3) is 0.562. The van der Waals surface area contributed by atoms with Gasteiger partial charge in [-0.2, -0.15) is 0 Å². The highest BCUT2D eigenvalue weighted by Crippen LogP contribution is 2.39. The van der Waals surface area contributed by atoms with Gasteiger partial charge >= 0.3 is 0 Å². The molecule has 1 fully saturated rings. The first kappa shape index (κ1) is 15.0. The van der Waals surface area contributed by atoms with Crippen LogP contribution >= 0.6 is 0 Å². The molecule has 6 nitrogen and oxygen atoms in total. The van der Waals surface area contributed by atoms with E-state index in [0.717, 1.165) is 42.9 Å². The second-order valence-electron chi connectivity index (χ2n) is 5.61. The number of hydrogen-bond acceptors (Lipinski definition) is 5. The molecule has 22 heavy (non-hydrogen) atoms. The van der Waals surface area contributed by atoms with Gasteiger partial charge in [-0.3, -0.25) is 9.69 Å². The van der Waals surface area contributed by atoms with Crippen LogP contribution in [0.5, 0.6) is 17.2 Å². The Kier molecular flexibility index (Phi) is 4.38. The van der Waals surface area contributed by atoms with Crippen molar-refractivity contribution in [3.63, 3.8) is 0 Å². The zero-order valence-corrected chi connectivity index (χ0v) is 13.1. The minimum atomic E-state index is -0.0751. The highest BCUT2D eigenvalue weighted by Gasteiger charge is 2.29. The molecule has 2 heterocycles. The number of carbonyl (C=O) groups excluding carboxylic acids is 1. The molecule has 1 aromatic rings. The van der Waals surface area contributed by atoms with E-state index in [4.69, 9.17) is 14.2 Å². The van der Waals surface area contributed by atoms with Crippen molar-refractivity contribution >= 4 is 5.91 Å². The fourth-order valence-corrected chi connectivity index (χ4v) is 3.14. The van der Waals surface area contributed by atoms with Crippen molar-refractivity contribution in [2.45, 2.75) is 31.8 Å². The first-order valence-electron chi connectivity index (χ1n) is 7.65. The summed E-state index contributed by atoms with van der Waals surface area (Å²) in [6.45, 7) is 1.82. The van der Waals surface area contributed by atoms with Gasteiger partial charge in [-0.05, 0) is 25.5 Å². The van der Waals surface area contributed by atoms with Gasteiger partial charge in [-0.15, -0.1) is 0 Å². The summed E-state index contributed by atoms with van der Waals surface area (Å²) in [5.41, 5.74) is 1.02. The molecule has 120 valence electrons. The average molecular weight is 306 g/mol. The molecule has 3 rings (SSSR count). The van der Waals surface area contributed by atoms with E-state index in [1.165, 1.54) is 0 Å². The third-order valence-electron chi connectivity index (χ3n) is 4.31. The van der Waals surface area contributed by atoms with Gasteiger partial charge in [0.2, 0.25) is 12.7 Å². The van der Waals surface area contributed by atoms with E-state index in [2.05, 4.69) is 10.2 Å². The lowest BCUT2D eigenvalue weighted by molar-refractivity contribution is -0.127. The molecule has 1 saturated heterocycles. The molecule has 0 bridgehead atoms. The van der Waals surface area contributed by atoms with Crippen LogP contribution in [0, 0.1) is 0 Å². The molecular formula is C16H22N2O4. The Morgan fingerprint density at radius 3 is 2.86 bits per heavy atom. The van der Waals surface area contributed by atoms with E-state index < -0.39 is 0 Å². The molecule has 1 atom stereocenters. The van der Waals surface area contributed by atoms with E-state index in [1.54, 1.807) is 14.2 Å². The van der Waals surface area contributed by atoms with Gasteiger partial charge in [0.1, 0.15) is 5.75 Å². The molecule has 1 N–H and O–H groups in total. The van der Waals surface area contributed by atoms with Gasteiger partial charge in [0.15, 0.2) is 11.5 Å². The van der Waals surface area contributed by atoms with Crippen molar-refractivity contribution in [1.82, 2.24) is 10.2 Å². The van der Waals surface area contributed by atoms with Crippen molar-refractivity contribution < 1.29 is 19.0 Å². The predicted octanol–water partition coefficient (Wildman–Crippen LogP) is 1.52. The van der Waals surface area contributed by atoms with Crippen LogP contribution in [0.3, 0.4) is 0 Å². The van der Waals surface area contributed by atoms with E-state index >= 15 is 0 Å². The Bertz CT molecular complexity index is 561. The van der Waals surface area contributed by atoms with Crippen molar-refractivity contribution in [3.05, 3.63) is 17.7 Å². The lowest BCUT2D eigenvalue weighted by Crippen LogP contribution is -2.48. The molecule has 6 heteroatoms. The highest BCUT2D eigenvalue weighted by atomic mass is 16.7. The summed E-state index contributed by atoms with van der Waals surface area (Å²) in [7, 11) is 3.34. The molecule has 2 aliphatic heterocycles. The lowest BCUT2D eigenvalue weighted by Gasteiger charge is -2.34. The molecule has 0 spiro atoms. The number of likely N-dealkylation sites (N-methyl/N-ethyl adjacent to an activating group) is 1. The number of benzene rings is 1. The molecule has 0 aromatic heterocycles. The summed E-state index contributed by atoms with van der Waals surface area (Å²) in [6, 6.07) is 3.74. The number of piperidine rings is 1. The number of likely N-dealkylation sites (tertiary alicyclic amines) is 1. The molecule has 0 radical (unpaired) electrons. The quantitative estimate of drug-likeness (QED) is 0.914. The zero-order valence-electron chi connectivity index (χ0n) is 13.1. The van der Waals surface area contributed by atoms with Gasteiger partial charge in [0, 0.05) is 25.2 Å². The van der Waals surface area contributed by atoms with E-state index in [1.807, 2.05) is 12.1 Å². The van der Waals surface area contributed by atoms with Gasteiger partial charge in [0.25, 0.3) is 0 Å². The number of carbonyl (C=O) groups is 1. The standard InChI is InChI=1S/C16H22N2O4/c1-17-16(19)12-5-3-4-6-18(12)9-11-7-14-15(22-10-21-14)8-13(11)20-2/h7-8,12H,3-6,9-10H2,1-2H3,(H,17,19)/t12-/m1/s1. The maximum absolute atomic E-state index is 12.1. The molecule has 1 aromatic carbocycles. The van der Waals surface area contributed by atoms with E-state index in [-0.39, 0.29) is 18.7 Å². The second kappa shape index (κ2) is 6.44. The maximum atomic E-state index is 12.1. The smallest absolute Gasteiger partial charge is 0.237 e. The van der Waals surface area contributed by atoms with Crippen molar-refractivity contribution in [1.29, 1.82) is 0 Å². The third-order valence-corrected chi connectivity index (χ3v) is 4.31. The predicted molar refractivity (Wildman–Crippen MR) is 81.2 cm³/mol. The van der Waals surface area contributed by atoms with Gasteiger partial charge in [0.05, 0.1) is 13.2 Å². The van der Waals surface area contributed by atoms with Crippen molar-refractivity contribution in [3.8, 4) is 17.2 Å². The van der Waals surface area contributed by atoms with Crippen LogP contribution in [0.2, 0.25) is 0 Å². The van der Waals surface area contributed by atoms with Crippen LogP contribution in [-0.2, 0) is 11.3 Å². The van der Waals surface area contributed by atoms with Gasteiger partial charge in [-0.25, -0.2) is 0 Å². The minimum absolute atomic E-state index is 0.0751. The Morgan fingerprint density at radius 2 is 2.14 bits per heavy atom. The van der Waals surface area contributed by atoms with E-state index in [0.29, 0.717) is 12.3 Å². The monoisotopic (exact) mass is 306 g/mol. The van der Waals surface area contributed by atoms with Crippen molar-refractivity contribution in [2.24, 2.45) is 0 Å². The van der Waals surface area contributed by atoms with Gasteiger partial charge < -0.3 is 19.5 Å². The second-order valence-corrected chi connectivity index (χ2v) is 5.61. The summed E-state index contributed by atoms with van der Waals surface area (Å²) in [4.78, 5) is 14.3. The molecule has 0 aliphatic carbocycles. The first-order valence-corrected chi connectivity index (χ1v) is 7.65. The molecule has 0 saturated carbocycles. The number of methoxy groups -OCH3 is 1. The summed E-state index contributed by atoms with van der Waals surface area (Å²) >= 11 is 0. The summed E-state index contributed by atoms with van der Waals surface area (Å²) in [5.74, 6) is 2.30. The molecule has 0 unspecified atom stereocenters. The van der Waals surface area contributed by atoms with Crippen LogP contribution in [0.25, 0.3) is 0 Å². The number of amides is 1. The normalized spacial score (nSPS) is 20.7. The summed E-state index contributed by atoms with van der Waals surface area (Å²) < 4.78 is 16.3. The maximum Gasteiger partial charge on any atom is 0.237 e. The Labute approximate surface area is 130 Å². The number of nitrogens with one attached hydrogen (secondary N) is 1. The highest BCUT2D eigenvalue weighted by molar-refractivity contribution is 5.81. The topological polar surface area (TPSA) is 60.0 Å². The van der Waals surface area contributed by atoms with E-state index in [9.17, 15) is 4.79 Å². The van der Waals surface area contributed by atoms with Crippen LogP contribution < -0.4 is 19.5 Å². The number of hydrogen-bond donors (Lipinski definition) is 1. The fourth-order valence-electron chi connectivity index (χ4n) is 3.14. The Hall–Kier alpha value is -1.95. The number of fused-ring (bicyclic) bond motifs is 1. The minimum Gasteiger partial charge on any atom is -0.496 e. The molecular weight excluding hydrogens is 284 g/mol. The lowest BCUT2D eigenvalue weighted by atomic mass is 10.00. The van der Waals surface area contributed by atoms with Crippen LogP contribution in [-0.4, -0.2) is 44.3 Å². The summed E-state index contributed by atoms with van der Waals surface area (Å²) in [5, 5.41) is 2.76.